The van der Waals surface area contributed by atoms with E-state index in [1.807, 2.05) is 45.2 Å². The van der Waals surface area contributed by atoms with E-state index in [4.69, 9.17) is 5.84 Å². The zero-order valence-corrected chi connectivity index (χ0v) is 11.1. The van der Waals surface area contributed by atoms with Gasteiger partial charge in [0, 0.05) is 0 Å². The smallest absolute Gasteiger partial charge is 0.267 e. The molecule has 0 saturated carbocycles. The van der Waals surface area contributed by atoms with Crippen LogP contribution in [0.25, 0.3) is 0 Å². The predicted octanol–water partition coefficient (Wildman–Crippen LogP) is 1.43. The minimum Gasteiger partial charge on any atom is -0.267 e. The Morgan fingerprint density at radius 3 is 1.85 bits per heavy atom. The molecule has 2 rings (SSSR count). The Hall–Kier alpha value is 0.260. The number of halogens is 2. The number of fused-ring (bicyclic) bond motifs is 1. The van der Waals surface area contributed by atoms with Gasteiger partial charge >= 0.3 is 0 Å². The summed E-state index contributed by atoms with van der Waals surface area (Å²) in [7, 11) is 0. The number of hydrazine groups is 1. The van der Waals surface area contributed by atoms with Crippen molar-refractivity contribution in [1.82, 2.24) is 5.01 Å². The number of nitrogens with two attached hydrogens (primary N) is 1. The van der Waals surface area contributed by atoms with Crippen LogP contribution in [0.2, 0.25) is 0 Å². The van der Waals surface area contributed by atoms with Gasteiger partial charge in [0.1, 0.15) is 0 Å². The van der Waals surface area contributed by atoms with Gasteiger partial charge in [0.15, 0.2) is 0 Å². The van der Waals surface area contributed by atoms with Crippen molar-refractivity contribution in [1.29, 1.82) is 0 Å². The molecule has 13 heavy (non-hydrogen) atoms. The summed E-state index contributed by atoms with van der Waals surface area (Å²) in [5.41, 5.74) is 0.921. The maximum atomic E-state index is 11.4. The molecule has 1 aromatic rings. The quantitative estimate of drug-likeness (QED) is 0.299. The van der Waals surface area contributed by atoms with E-state index in [0.29, 0.717) is 16.1 Å². The molecule has 2 heterocycles. The first-order valence-electron chi connectivity index (χ1n) is 3.15. The summed E-state index contributed by atoms with van der Waals surface area (Å²) in [6, 6.07) is 0. The molecule has 0 unspecified atom stereocenters. The van der Waals surface area contributed by atoms with Crippen LogP contribution in [-0.2, 0) is 0 Å². The van der Waals surface area contributed by atoms with Crippen LogP contribution in [0.5, 0.6) is 0 Å². The van der Waals surface area contributed by atoms with Gasteiger partial charge in [0.2, 0.25) is 0 Å². The van der Waals surface area contributed by atoms with E-state index < -0.39 is 11.8 Å². The number of rotatable bonds is 0. The molecule has 0 aromatic carbocycles. The Morgan fingerprint density at radius 2 is 1.46 bits per heavy atom. The van der Waals surface area contributed by atoms with Crippen molar-refractivity contribution in [3.8, 4) is 0 Å². The Morgan fingerprint density at radius 1 is 1.08 bits per heavy atom. The summed E-state index contributed by atoms with van der Waals surface area (Å²) < 4.78 is 1.65. The second-order valence-electron chi connectivity index (χ2n) is 2.38. The summed E-state index contributed by atoms with van der Waals surface area (Å²) >= 11 is 5.51. The average molecular weight is 420 g/mol. The second-order valence-corrected chi connectivity index (χ2v) is 7.02. The number of hydrogen-bond donors (Lipinski definition) is 1. The number of hydrogen-bond acceptors (Lipinski definition) is 4. The Labute approximate surface area is 105 Å². The maximum Gasteiger partial charge on any atom is 0.277 e. The lowest BCUT2D eigenvalue weighted by Crippen LogP contribution is -2.36. The van der Waals surface area contributed by atoms with Crippen molar-refractivity contribution in [2.45, 2.75) is 0 Å². The van der Waals surface area contributed by atoms with E-state index in [1.165, 1.54) is 11.3 Å². The molecule has 0 bridgehead atoms. The van der Waals surface area contributed by atoms with Crippen molar-refractivity contribution in [2.75, 3.05) is 0 Å². The van der Waals surface area contributed by atoms with Gasteiger partial charge in [-0.05, 0) is 45.2 Å². The first-order valence-corrected chi connectivity index (χ1v) is 6.12. The molecule has 4 nitrogen and oxygen atoms in total. The largest absolute Gasteiger partial charge is 0.277 e. The zero-order chi connectivity index (χ0) is 9.75. The van der Waals surface area contributed by atoms with Crippen LogP contribution in [0.15, 0.2) is 0 Å². The Kier molecular flexibility index (Phi) is 2.37. The van der Waals surface area contributed by atoms with Crippen molar-refractivity contribution < 1.29 is 9.59 Å². The molecule has 0 saturated heterocycles. The van der Waals surface area contributed by atoms with Gasteiger partial charge < -0.3 is 0 Å². The monoisotopic (exact) mass is 420 g/mol. The van der Waals surface area contributed by atoms with Gasteiger partial charge in [0.25, 0.3) is 11.8 Å². The molecule has 68 valence electrons. The fourth-order valence-corrected chi connectivity index (χ4v) is 5.42. The predicted molar refractivity (Wildman–Crippen MR) is 64.4 cm³/mol. The summed E-state index contributed by atoms with van der Waals surface area (Å²) in [6.07, 6.45) is 0. The van der Waals surface area contributed by atoms with Gasteiger partial charge in [-0.1, -0.05) is 0 Å². The molecule has 1 aromatic heterocycles. The van der Waals surface area contributed by atoms with Crippen LogP contribution in [0, 0.1) is 5.77 Å². The highest BCUT2D eigenvalue weighted by Gasteiger charge is 2.39. The van der Waals surface area contributed by atoms with Crippen LogP contribution in [0.1, 0.15) is 20.7 Å². The first-order chi connectivity index (χ1) is 6.04. The van der Waals surface area contributed by atoms with Crippen molar-refractivity contribution in [3.63, 3.8) is 0 Å². The number of nitrogens with zero attached hydrogens (tertiary/aromatic N) is 1. The number of thiophene rings is 1. The third kappa shape index (κ3) is 1.24. The topological polar surface area (TPSA) is 63.4 Å². The summed E-state index contributed by atoms with van der Waals surface area (Å²) in [4.78, 5) is 22.8. The van der Waals surface area contributed by atoms with E-state index in [9.17, 15) is 9.59 Å². The average Bonchev–Trinajstić information content (AvgIpc) is 2.47. The molecule has 0 aliphatic carbocycles. The maximum absolute atomic E-state index is 11.4. The summed E-state index contributed by atoms with van der Waals surface area (Å²) in [5.74, 6) is 4.49. The number of amides is 2. The zero-order valence-electron chi connectivity index (χ0n) is 6.01. The highest BCUT2D eigenvalue weighted by Crippen LogP contribution is 2.35. The second kappa shape index (κ2) is 3.14. The number of imide groups is 1. The van der Waals surface area contributed by atoms with Crippen LogP contribution in [-0.4, -0.2) is 16.8 Å². The highest BCUT2D eigenvalue weighted by atomic mass is 127. The standard InChI is InChI=1S/C6H2I2N2O2S/c7-3-1-2(4(8)13-3)6(12)10(9)5(1)11/h9H2. The SMILES string of the molecule is NN1C(=O)c2c(I)sc(I)c2C1=O. The molecule has 7 heteroatoms. The molecule has 1 aliphatic rings. The summed E-state index contributed by atoms with van der Waals surface area (Å²) in [5, 5.41) is 0.668. The molecule has 0 radical (unpaired) electrons. The van der Waals surface area contributed by atoms with E-state index in [0.717, 1.165) is 5.77 Å². The van der Waals surface area contributed by atoms with Gasteiger partial charge in [-0.25, -0.2) is 10.9 Å². The lowest BCUT2D eigenvalue weighted by Gasteiger charge is -2.03. The van der Waals surface area contributed by atoms with Gasteiger partial charge in [-0.2, -0.15) is 0 Å². The molecule has 1 aliphatic heterocycles. The molecular formula is C6H2I2N2O2S. The minimum atomic E-state index is -0.399. The fraction of sp³-hybridized carbons (Fsp3) is 0. The minimum absolute atomic E-state index is 0.399. The van der Waals surface area contributed by atoms with Crippen LogP contribution in [0.3, 0.4) is 0 Å². The summed E-state index contributed by atoms with van der Waals surface area (Å²) in [6.45, 7) is 0. The Bertz CT molecular complexity index is 392. The molecule has 2 N–H and O–H groups in total. The van der Waals surface area contributed by atoms with E-state index in [2.05, 4.69) is 0 Å². The first kappa shape index (κ1) is 9.80. The molecule has 0 spiro atoms. The van der Waals surface area contributed by atoms with Crippen LogP contribution >= 0.6 is 56.5 Å². The van der Waals surface area contributed by atoms with Crippen LogP contribution < -0.4 is 5.84 Å². The molecule has 0 fully saturated rings. The highest BCUT2D eigenvalue weighted by molar-refractivity contribution is 14.1. The third-order valence-corrected chi connectivity index (χ3v) is 4.85. The lowest BCUT2D eigenvalue weighted by atomic mass is 10.2. The van der Waals surface area contributed by atoms with Gasteiger partial charge in [-0.15, -0.1) is 11.3 Å². The van der Waals surface area contributed by atoms with E-state index in [1.54, 1.807) is 0 Å². The van der Waals surface area contributed by atoms with Crippen LogP contribution in [0.4, 0.5) is 0 Å². The normalized spacial score (nSPS) is 15.5. The van der Waals surface area contributed by atoms with Crippen molar-refractivity contribution in [3.05, 3.63) is 16.9 Å². The fourth-order valence-electron chi connectivity index (χ4n) is 1.09. The molecular weight excluding hydrogens is 418 g/mol. The Balaban J connectivity index is 2.75. The van der Waals surface area contributed by atoms with Gasteiger partial charge in [0.05, 0.1) is 16.9 Å². The number of carbonyl (C=O) groups is 2. The van der Waals surface area contributed by atoms with Crippen molar-refractivity contribution in [2.24, 2.45) is 5.84 Å². The van der Waals surface area contributed by atoms with Crippen molar-refractivity contribution >= 4 is 68.3 Å². The lowest BCUT2D eigenvalue weighted by molar-refractivity contribution is 0.0653. The van der Waals surface area contributed by atoms with E-state index in [-0.39, 0.29) is 0 Å². The third-order valence-electron chi connectivity index (χ3n) is 1.69. The molecule has 2 amide bonds. The number of carbonyl (C=O) groups excluding carboxylic acids is 2. The van der Waals surface area contributed by atoms with E-state index >= 15 is 0 Å². The van der Waals surface area contributed by atoms with Gasteiger partial charge in [-0.3, -0.25) is 9.59 Å². The molecule has 0 atom stereocenters.